The van der Waals surface area contributed by atoms with Crippen molar-refractivity contribution in [2.24, 2.45) is 11.3 Å². The van der Waals surface area contributed by atoms with E-state index in [9.17, 15) is 9.59 Å². The smallest absolute Gasteiger partial charge is 0.335 e. The maximum atomic E-state index is 11.9. The van der Waals surface area contributed by atoms with Gasteiger partial charge in [-0.15, -0.1) is 0 Å². The molecule has 1 fully saturated rings. The van der Waals surface area contributed by atoms with E-state index in [1.54, 1.807) is 19.1 Å². The number of carboxylic acid groups (broad SMARTS) is 1. The zero-order chi connectivity index (χ0) is 13.5. The van der Waals surface area contributed by atoms with Crippen molar-refractivity contribution < 1.29 is 14.7 Å². The van der Waals surface area contributed by atoms with E-state index in [1.807, 2.05) is 0 Å². The second-order valence-electron chi connectivity index (χ2n) is 5.57. The van der Waals surface area contributed by atoms with E-state index in [0.29, 0.717) is 11.3 Å². The van der Waals surface area contributed by atoms with E-state index in [-0.39, 0.29) is 22.8 Å². The van der Waals surface area contributed by atoms with Gasteiger partial charge in [0.15, 0.2) is 0 Å². The van der Waals surface area contributed by atoms with Crippen molar-refractivity contribution in [3.05, 3.63) is 29.3 Å². The zero-order valence-corrected chi connectivity index (χ0v) is 10.8. The van der Waals surface area contributed by atoms with E-state index >= 15 is 0 Å². The van der Waals surface area contributed by atoms with Gasteiger partial charge >= 0.3 is 5.97 Å². The fraction of sp³-hybridized carbons (Fsp3) is 0.429. The molecular weight excluding hydrogens is 230 g/mol. The van der Waals surface area contributed by atoms with Crippen molar-refractivity contribution in [3.63, 3.8) is 0 Å². The first-order valence-corrected chi connectivity index (χ1v) is 5.96. The van der Waals surface area contributed by atoms with Gasteiger partial charge in [-0.2, -0.15) is 0 Å². The van der Waals surface area contributed by atoms with E-state index in [1.165, 1.54) is 6.07 Å². The van der Waals surface area contributed by atoms with Gasteiger partial charge < -0.3 is 10.4 Å². The number of rotatable bonds is 3. The van der Waals surface area contributed by atoms with Crippen LogP contribution < -0.4 is 5.32 Å². The second-order valence-corrected chi connectivity index (χ2v) is 5.57. The number of amides is 1. The van der Waals surface area contributed by atoms with Gasteiger partial charge in [-0.3, -0.25) is 4.79 Å². The fourth-order valence-corrected chi connectivity index (χ4v) is 2.13. The Kier molecular flexibility index (Phi) is 2.89. The van der Waals surface area contributed by atoms with E-state index in [4.69, 9.17) is 5.11 Å². The summed E-state index contributed by atoms with van der Waals surface area (Å²) in [7, 11) is 0. The highest BCUT2D eigenvalue weighted by Gasteiger charge is 2.50. The molecule has 0 bridgehead atoms. The number of benzene rings is 1. The Hall–Kier alpha value is -1.84. The van der Waals surface area contributed by atoms with Crippen molar-refractivity contribution in [1.82, 2.24) is 0 Å². The lowest BCUT2D eigenvalue weighted by Gasteiger charge is -2.08. The summed E-state index contributed by atoms with van der Waals surface area (Å²) < 4.78 is 0. The van der Waals surface area contributed by atoms with Gasteiger partial charge in [0.25, 0.3) is 0 Å². The van der Waals surface area contributed by atoms with Crippen LogP contribution in [0.5, 0.6) is 0 Å². The first-order chi connectivity index (χ1) is 8.31. The van der Waals surface area contributed by atoms with Gasteiger partial charge in [-0.25, -0.2) is 4.79 Å². The summed E-state index contributed by atoms with van der Waals surface area (Å²) in [6.07, 6.45) is 0.908. The maximum Gasteiger partial charge on any atom is 0.335 e. The van der Waals surface area contributed by atoms with Crippen LogP contribution in [0.25, 0.3) is 0 Å². The molecule has 4 heteroatoms. The van der Waals surface area contributed by atoms with Crippen molar-refractivity contribution >= 4 is 17.6 Å². The number of hydrogen-bond donors (Lipinski definition) is 2. The topological polar surface area (TPSA) is 66.4 Å². The summed E-state index contributed by atoms with van der Waals surface area (Å²) in [5, 5.41) is 11.8. The van der Waals surface area contributed by atoms with Crippen LogP contribution in [-0.4, -0.2) is 17.0 Å². The Balaban J connectivity index is 2.09. The second kappa shape index (κ2) is 4.12. The Morgan fingerprint density at radius 2 is 2.00 bits per heavy atom. The van der Waals surface area contributed by atoms with Crippen LogP contribution >= 0.6 is 0 Å². The standard InChI is InChI=1S/C14H17NO3/c1-8-6-9(4-5-10(8)13(17)18)15-12(16)11-7-14(11,2)3/h4-6,11H,7H2,1-3H3,(H,15,16)(H,17,18). The summed E-state index contributed by atoms with van der Waals surface area (Å²) in [6.45, 7) is 5.85. The van der Waals surface area contributed by atoms with Crippen LogP contribution in [0.2, 0.25) is 0 Å². The number of carboxylic acids is 1. The van der Waals surface area contributed by atoms with Crippen LogP contribution in [0.3, 0.4) is 0 Å². The van der Waals surface area contributed by atoms with Crippen LogP contribution in [0.4, 0.5) is 5.69 Å². The number of carbonyl (C=O) groups excluding carboxylic acids is 1. The first-order valence-electron chi connectivity index (χ1n) is 5.96. The molecule has 0 spiro atoms. The third-order valence-electron chi connectivity index (χ3n) is 3.55. The predicted molar refractivity (Wildman–Crippen MR) is 68.7 cm³/mol. The van der Waals surface area contributed by atoms with Gasteiger partial charge in [0.1, 0.15) is 0 Å². The average Bonchev–Trinajstić information content (AvgIpc) is 2.87. The summed E-state index contributed by atoms with van der Waals surface area (Å²) in [4.78, 5) is 22.8. The lowest BCUT2D eigenvalue weighted by atomic mass is 10.1. The molecule has 0 aliphatic heterocycles. The molecule has 1 unspecified atom stereocenters. The molecule has 0 radical (unpaired) electrons. The SMILES string of the molecule is Cc1cc(NC(=O)C2CC2(C)C)ccc1C(=O)O. The molecule has 1 amide bonds. The Bertz CT molecular complexity index is 520. The van der Waals surface area contributed by atoms with Crippen LogP contribution in [0.15, 0.2) is 18.2 Å². The van der Waals surface area contributed by atoms with E-state index in [0.717, 1.165) is 6.42 Å². The lowest BCUT2D eigenvalue weighted by molar-refractivity contribution is -0.118. The summed E-state index contributed by atoms with van der Waals surface area (Å²) in [5.41, 5.74) is 1.67. The number of hydrogen-bond acceptors (Lipinski definition) is 2. The van der Waals surface area contributed by atoms with Crippen molar-refractivity contribution in [3.8, 4) is 0 Å². The normalized spacial score (nSPS) is 20.3. The monoisotopic (exact) mass is 247 g/mol. The first kappa shape index (κ1) is 12.6. The average molecular weight is 247 g/mol. The van der Waals surface area contributed by atoms with Gasteiger partial charge in [-0.1, -0.05) is 13.8 Å². The van der Waals surface area contributed by atoms with Gasteiger partial charge in [-0.05, 0) is 42.5 Å². The molecule has 2 N–H and O–H groups in total. The highest BCUT2D eigenvalue weighted by Crippen LogP contribution is 2.51. The van der Waals surface area contributed by atoms with Crippen LogP contribution in [0, 0.1) is 18.3 Å². The highest BCUT2D eigenvalue weighted by atomic mass is 16.4. The predicted octanol–water partition coefficient (Wildman–Crippen LogP) is 2.68. The molecule has 96 valence electrons. The quantitative estimate of drug-likeness (QED) is 0.863. The number of aryl methyl sites for hydroxylation is 1. The van der Waals surface area contributed by atoms with E-state index < -0.39 is 5.97 Å². The Labute approximate surface area is 106 Å². The zero-order valence-electron chi connectivity index (χ0n) is 10.8. The molecule has 4 nitrogen and oxygen atoms in total. The summed E-state index contributed by atoms with van der Waals surface area (Å²) >= 11 is 0. The fourth-order valence-electron chi connectivity index (χ4n) is 2.13. The minimum atomic E-state index is -0.950. The Morgan fingerprint density at radius 3 is 2.44 bits per heavy atom. The molecule has 0 heterocycles. The number of anilines is 1. The third kappa shape index (κ3) is 2.37. The van der Waals surface area contributed by atoms with Gasteiger partial charge in [0, 0.05) is 11.6 Å². The molecule has 1 aromatic rings. The summed E-state index contributed by atoms with van der Waals surface area (Å²) in [5.74, 6) is -0.867. The Morgan fingerprint density at radius 1 is 1.39 bits per heavy atom. The van der Waals surface area contributed by atoms with Crippen LogP contribution in [-0.2, 0) is 4.79 Å². The van der Waals surface area contributed by atoms with Crippen molar-refractivity contribution in [2.45, 2.75) is 27.2 Å². The highest BCUT2D eigenvalue weighted by molar-refractivity contribution is 5.96. The third-order valence-corrected chi connectivity index (χ3v) is 3.55. The largest absolute Gasteiger partial charge is 0.478 e. The lowest BCUT2D eigenvalue weighted by Crippen LogP contribution is -2.16. The number of nitrogens with one attached hydrogen (secondary N) is 1. The molecule has 1 saturated carbocycles. The van der Waals surface area contributed by atoms with Crippen LogP contribution in [0.1, 0.15) is 36.2 Å². The summed E-state index contributed by atoms with van der Waals surface area (Å²) in [6, 6.07) is 4.84. The molecule has 18 heavy (non-hydrogen) atoms. The minimum absolute atomic E-state index is 0.0162. The molecule has 1 aliphatic carbocycles. The number of aromatic carboxylic acids is 1. The molecule has 1 aliphatic rings. The molecular formula is C14H17NO3. The van der Waals surface area contributed by atoms with Gasteiger partial charge in [0.2, 0.25) is 5.91 Å². The molecule has 0 saturated heterocycles. The van der Waals surface area contributed by atoms with Crippen molar-refractivity contribution in [2.75, 3.05) is 5.32 Å². The minimum Gasteiger partial charge on any atom is -0.478 e. The molecule has 1 aromatic carbocycles. The van der Waals surface area contributed by atoms with Crippen molar-refractivity contribution in [1.29, 1.82) is 0 Å². The maximum absolute atomic E-state index is 11.9. The number of carbonyl (C=O) groups is 2. The van der Waals surface area contributed by atoms with Gasteiger partial charge in [0.05, 0.1) is 5.56 Å². The van der Waals surface area contributed by atoms with E-state index in [2.05, 4.69) is 19.2 Å². The molecule has 1 atom stereocenters. The molecule has 0 aromatic heterocycles. The molecule has 2 rings (SSSR count).